The van der Waals surface area contributed by atoms with E-state index >= 15 is 0 Å². The number of nitriles is 2. The molecule has 0 bridgehead atoms. The Morgan fingerprint density at radius 2 is 2.19 bits per heavy atom. The smallest absolute Gasteiger partial charge is 0.346 e. The zero-order valence-corrected chi connectivity index (χ0v) is 8.85. The van der Waals surface area contributed by atoms with E-state index in [1.54, 1.807) is 30.7 Å². The minimum atomic E-state index is -1.27. The number of hydrogen-bond donors (Lipinski definition) is 1. The van der Waals surface area contributed by atoms with E-state index in [1.165, 1.54) is 6.08 Å². The Hall–Kier alpha value is -2.53. The summed E-state index contributed by atoms with van der Waals surface area (Å²) < 4.78 is 1.64. The molecule has 0 aliphatic heterocycles. The Morgan fingerprint density at radius 1 is 1.56 bits per heavy atom. The quantitative estimate of drug-likeness (QED) is 0.592. The van der Waals surface area contributed by atoms with E-state index in [0.717, 1.165) is 5.69 Å². The molecule has 0 saturated heterocycles. The lowest BCUT2D eigenvalue weighted by molar-refractivity contribution is -0.132. The molecule has 1 rings (SSSR count). The third kappa shape index (κ3) is 1.94. The first-order valence-electron chi connectivity index (χ1n) is 4.42. The van der Waals surface area contributed by atoms with Gasteiger partial charge in [0.25, 0.3) is 0 Å². The van der Waals surface area contributed by atoms with Gasteiger partial charge >= 0.3 is 5.97 Å². The van der Waals surface area contributed by atoms with E-state index in [1.807, 2.05) is 6.07 Å². The van der Waals surface area contributed by atoms with Crippen LogP contribution in [0.3, 0.4) is 0 Å². The largest absolute Gasteiger partial charge is 0.477 e. The minimum Gasteiger partial charge on any atom is -0.477 e. The van der Waals surface area contributed by atoms with E-state index < -0.39 is 5.97 Å². The number of carbonyl (C=O) groups is 1. The fourth-order valence-corrected chi connectivity index (χ4v) is 1.27. The first kappa shape index (κ1) is 11.5. The lowest BCUT2D eigenvalue weighted by Crippen LogP contribution is -1.98. The Labute approximate surface area is 92.5 Å². The molecule has 16 heavy (non-hydrogen) atoms. The van der Waals surface area contributed by atoms with E-state index in [4.69, 9.17) is 15.6 Å². The molecule has 0 radical (unpaired) electrons. The fraction of sp³-hybridized carbons (Fsp3) is 0.182. The molecule has 0 atom stereocenters. The Morgan fingerprint density at radius 3 is 2.56 bits per heavy atom. The van der Waals surface area contributed by atoms with Crippen LogP contribution < -0.4 is 0 Å². The summed E-state index contributed by atoms with van der Waals surface area (Å²) in [6.07, 6.45) is 1.26. The summed E-state index contributed by atoms with van der Waals surface area (Å²) in [5.74, 6) is -1.27. The van der Waals surface area contributed by atoms with E-state index in [9.17, 15) is 4.79 Å². The van der Waals surface area contributed by atoms with Crippen LogP contribution in [0, 0.1) is 29.6 Å². The maximum absolute atomic E-state index is 10.6. The van der Waals surface area contributed by atoms with Crippen LogP contribution in [0.15, 0.2) is 11.6 Å². The van der Waals surface area contributed by atoms with Gasteiger partial charge in [0.2, 0.25) is 0 Å². The van der Waals surface area contributed by atoms with Gasteiger partial charge in [-0.25, -0.2) is 4.79 Å². The third-order valence-electron chi connectivity index (χ3n) is 2.34. The zero-order chi connectivity index (χ0) is 12.3. The van der Waals surface area contributed by atoms with Crippen LogP contribution in [-0.2, 0) is 11.8 Å². The van der Waals surface area contributed by atoms with Crippen molar-refractivity contribution in [3.8, 4) is 12.1 Å². The highest BCUT2D eigenvalue weighted by atomic mass is 16.4. The van der Waals surface area contributed by atoms with Crippen LogP contribution in [0.4, 0.5) is 0 Å². The van der Waals surface area contributed by atoms with Gasteiger partial charge in [0.15, 0.2) is 0 Å². The molecule has 0 unspecified atom stereocenters. The molecule has 1 heterocycles. The van der Waals surface area contributed by atoms with Crippen LogP contribution >= 0.6 is 0 Å². The summed E-state index contributed by atoms with van der Waals surface area (Å²) in [5, 5.41) is 26.1. The molecule has 0 aromatic carbocycles. The van der Waals surface area contributed by atoms with Crippen molar-refractivity contribution in [2.24, 2.45) is 7.05 Å². The van der Waals surface area contributed by atoms with Crippen LogP contribution in [-0.4, -0.2) is 15.6 Å². The number of carboxylic acids is 1. The summed E-state index contributed by atoms with van der Waals surface area (Å²) in [6, 6.07) is 5.12. The Kier molecular flexibility index (Phi) is 3.12. The standard InChI is InChI=1S/C11H9N3O2/c1-7-8(3-9(5-12)11(15)16)4-10(6-13)14(7)2/h3-4H,1-2H3,(H,15,16). The van der Waals surface area contributed by atoms with Crippen molar-refractivity contribution in [1.29, 1.82) is 10.5 Å². The number of rotatable bonds is 2. The molecule has 1 N–H and O–H groups in total. The second-order valence-corrected chi connectivity index (χ2v) is 3.22. The average Bonchev–Trinajstić information content (AvgIpc) is 2.52. The molecule has 0 saturated carbocycles. The van der Waals surface area contributed by atoms with E-state index in [-0.39, 0.29) is 5.57 Å². The first-order valence-corrected chi connectivity index (χ1v) is 4.42. The molecule has 0 amide bonds. The molecule has 5 nitrogen and oxygen atoms in total. The van der Waals surface area contributed by atoms with Crippen molar-refractivity contribution < 1.29 is 9.90 Å². The molecule has 0 aliphatic carbocycles. The van der Waals surface area contributed by atoms with Gasteiger partial charge < -0.3 is 9.67 Å². The zero-order valence-electron chi connectivity index (χ0n) is 8.85. The van der Waals surface area contributed by atoms with Crippen molar-refractivity contribution in [3.63, 3.8) is 0 Å². The van der Waals surface area contributed by atoms with Crippen LogP contribution in [0.5, 0.6) is 0 Å². The second-order valence-electron chi connectivity index (χ2n) is 3.22. The van der Waals surface area contributed by atoms with Crippen LogP contribution in [0.25, 0.3) is 6.08 Å². The molecular formula is C11H9N3O2. The highest BCUT2D eigenvalue weighted by Crippen LogP contribution is 2.16. The second kappa shape index (κ2) is 4.33. The monoisotopic (exact) mass is 215 g/mol. The summed E-state index contributed by atoms with van der Waals surface area (Å²) >= 11 is 0. The van der Waals surface area contributed by atoms with E-state index in [0.29, 0.717) is 11.3 Å². The van der Waals surface area contributed by atoms with Crippen molar-refractivity contribution in [2.75, 3.05) is 0 Å². The number of aliphatic carboxylic acids is 1. The topological polar surface area (TPSA) is 89.8 Å². The van der Waals surface area contributed by atoms with Crippen LogP contribution in [0.1, 0.15) is 17.0 Å². The maximum atomic E-state index is 10.6. The highest BCUT2D eigenvalue weighted by Gasteiger charge is 2.11. The van der Waals surface area contributed by atoms with Crippen LogP contribution in [0.2, 0.25) is 0 Å². The van der Waals surface area contributed by atoms with Gasteiger partial charge in [0.05, 0.1) is 0 Å². The molecule has 0 aliphatic rings. The van der Waals surface area contributed by atoms with E-state index in [2.05, 4.69) is 0 Å². The maximum Gasteiger partial charge on any atom is 0.346 e. The van der Waals surface area contributed by atoms with Gasteiger partial charge in [-0.2, -0.15) is 10.5 Å². The summed E-state index contributed by atoms with van der Waals surface area (Å²) in [4.78, 5) is 10.6. The molecule has 1 aromatic rings. The molecule has 0 fully saturated rings. The van der Waals surface area contributed by atoms with Gasteiger partial charge in [-0.3, -0.25) is 0 Å². The van der Waals surface area contributed by atoms with Crippen molar-refractivity contribution >= 4 is 12.0 Å². The normalized spacial score (nSPS) is 10.6. The average molecular weight is 215 g/mol. The SMILES string of the molecule is Cc1c(C=C(C#N)C(=O)O)cc(C#N)n1C. The van der Waals surface area contributed by atoms with Crippen molar-refractivity contribution in [1.82, 2.24) is 4.57 Å². The lowest BCUT2D eigenvalue weighted by Gasteiger charge is -1.97. The number of hydrogen-bond acceptors (Lipinski definition) is 3. The summed E-state index contributed by atoms with van der Waals surface area (Å²) in [6.45, 7) is 1.75. The molecule has 0 spiro atoms. The van der Waals surface area contributed by atoms with Gasteiger partial charge in [0.1, 0.15) is 23.4 Å². The van der Waals surface area contributed by atoms with Crippen molar-refractivity contribution in [2.45, 2.75) is 6.92 Å². The van der Waals surface area contributed by atoms with Gasteiger partial charge in [-0.05, 0) is 24.6 Å². The Balaban J connectivity index is 3.33. The molecular weight excluding hydrogens is 206 g/mol. The van der Waals surface area contributed by atoms with Gasteiger partial charge in [-0.1, -0.05) is 0 Å². The molecule has 80 valence electrons. The predicted molar refractivity (Wildman–Crippen MR) is 56.1 cm³/mol. The predicted octanol–water partition coefficient (Wildman–Crippen LogP) is 1.20. The lowest BCUT2D eigenvalue weighted by atomic mass is 10.1. The Bertz CT molecular complexity index is 553. The van der Waals surface area contributed by atoms with Gasteiger partial charge in [0, 0.05) is 12.7 Å². The summed E-state index contributed by atoms with van der Waals surface area (Å²) in [7, 11) is 1.71. The first-order chi connectivity index (χ1) is 7.51. The number of carboxylic acid groups (broad SMARTS) is 1. The minimum absolute atomic E-state index is 0.349. The summed E-state index contributed by atoms with van der Waals surface area (Å²) in [5.41, 5.74) is 1.38. The number of aromatic nitrogens is 1. The highest BCUT2D eigenvalue weighted by molar-refractivity contribution is 5.96. The molecule has 1 aromatic heterocycles. The fourth-order valence-electron chi connectivity index (χ4n) is 1.27. The number of nitrogens with zero attached hydrogens (tertiary/aromatic N) is 3. The third-order valence-corrected chi connectivity index (χ3v) is 2.34. The van der Waals surface area contributed by atoms with Gasteiger partial charge in [-0.15, -0.1) is 0 Å². The molecule has 5 heteroatoms. The van der Waals surface area contributed by atoms with Crippen molar-refractivity contribution in [3.05, 3.63) is 28.6 Å².